The van der Waals surface area contributed by atoms with Crippen molar-refractivity contribution in [2.24, 2.45) is 0 Å². The molecule has 292 valence electrons. The third-order valence-corrected chi connectivity index (χ3v) is 7.73. The number of hydrogen-bond donors (Lipinski definition) is 3. The molecule has 2 unspecified atom stereocenters. The van der Waals surface area contributed by atoms with Crippen LogP contribution >= 0.6 is 7.82 Å². The van der Waals surface area contributed by atoms with Crippen LogP contribution in [-0.4, -0.2) is 65.7 Å². The van der Waals surface area contributed by atoms with Gasteiger partial charge >= 0.3 is 19.8 Å². The first-order valence-corrected chi connectivity index (χ1v) is 19.9. The monoisotopic (exact) mass is 746 g/mol. The fourth-order valence-corrected chi connectivity index (χ4v) is 4.78. The van der Waals surface area contributed by atoms with Crippen LogP contribution in [0.5, 0.6) is 0 Å². The van der Waals surface area contributed by atoms with Gasteiger partial charge in [0, 0.05) is 12.8 Å². The van der Waals surface area contributed by atoms with Crippen LogP contribution in [0.3, 0.4) is 0 Å². The lowest BCUT2D eigenvalue weighted by atomic mass is 10.1. The smallest absolute Gasteiger partial charge is 0.462 e. The molecule has 0 fully saturated rings. The number of unbranched alkanes of at least 4 members (excludes halogenated alkanes) is 3. The fraction of sp³-hybridized carbons (Fsp3) is 0.512. The Morgan fingerprint density at radius 3 is 1.73 bits per heavy atom. The molecule has 0 rings (SSSR count). The minimum atomic E-state index is -4.65. The largest absolute Gasteiger partial charge is 0.472 e. The summed E-state index contributed by atoms with van der Waals surface area (Å²) in [6.45, 7) is 1.93. The molecule has 0 heterocycles. The van der Waals surface area contributed by atoms with Crippen molar-refractivity contribution < 1.29 is 47.8 Å². The molecule has 3 atom stereocenters. The summed E-state index contributed by atoms with van der Waals surface area (Å²) in [7, 11) is -4.65. The van der Waals surface area contributed by atoms with Gasteiger partial charge in [-0.2, -0.15) is 0 Å². The number of phosphoric ester groups is 1. The van der Waals surface area contributed by atoms with Gasteiger partial charge in [-0.3, -0.25) is 18.6 Å². The van der Waals surface area contributed by atoms with Crippen molar-refractivity contribution in [1.29, 1.82) is 0 Å². The van der Waals surface area contributed by atoms with Gasteiger partial charge in [-0.25, -0.2) is 4.57 Å². The summed E-state index contributed by atoms with van der Waals surface area (Å²) in [4.78, 5) is 34.8. The molecular formula is C41H63O10P. The van der Waals surface area contributed by atoms with Gasteiger partial charge in [0.1, 0.15) is 12.7 Å². The van der Waals surface area contributed by atoms with Crippen molar-refractivity contribution >= 4 is 19.8 Å². The summed E-state index contributed by atoms with van der Waals surface area (Å²) in [5.74, 6) is -1.08. The Morgan fingerprint density at radius 1 is 0.596 bits per heavy atom. The molecule has 0 aliphatic heterocycles. The lowest BCUT2D eigenvalue weighted by molar-refractivity contribution is -0.161. The van der Waals surface area contributed by atoms with Crippen molar-refractivity contribution in [2.45, 2.75) is 110 Å². The second kappa shape index (κ2) is 36.0. The number of phosphoric acid groups is 1. The van der Waals surface area contributed by atoms with Gasteiger partial charge in [0.2, 0.25) is 0 Å². The molecule has 0 radical (unpaired) electrons. The Morgan fingerprint density at radius 2 is 1.13 bits per heavy atom. The molecule has 52 heavy (non-hydrogen) atoms. The minimum Gasteiger partial charge on any atom is -0.462 e. The standard InChI is InChI=1S/C41H63O10P/c1-3-5-7-9-11-13-15-17-18-19-21-22-24-26-28-30-32-40(44)48-36-39(37-50-52(46,47)49-35-38(43)34-42)51-41(45)33-31-29-27-25-23-20-16-14-12-10-8-6-4-2/h5-8,10-14,16-18,20-23,26,28,38-39,42-43H,3-4,9,15,19,24-25,27,29-37H2,1-2H3,(H,46,47)/b7-5+,8-6+,12-10+,13-11+,16-14+,18-17+,22-21+,23-20+,28-26+/t38-,39?/m0/s1. The molecule has 0 aromatic carbocycles. The van der Waals surface area contributed by atoms with Gasteiger partial charge in [-0.1, -0.05) is 130 Å². The zero-order chi connectivity index (χ0) is 38.4. The van der Waals surface area contributed by atoms with E-state index in [2.05, 4.69) is 79.1 Å². The third-order valence-electron chi connectivity index (χ3n) is 6.78. The number of carbonyl (C=O) groups is 2. The molecule has 10 nitrogen and oxygen atoms in total. The Kier molecular flexibility index (Phi) is 33.7. The lowest BCUT2D eigenvalue weighted by Crippen LogP contribution is -2.29. The summed E-state index contributed by atoms with van der Waals surface area (Å²) < 4.78 is 32.4. The van der Waals surface area contributed by atoms with Gasteiger partial charge in [0.05, 0.1) is 19.8 Å². The second-order valence-corrected chi connectivity index (χ2v) is 13.0. The van der Waals surface area contributed by atoms with E-state index in [1.54, 1.807) is 0 Å². The Bertz CT molecular complexity index is 1230. The Hall–Kier alpha value is -3.37. The highest BCUT2D eigenvalue weighted by molar-refractivity contribution is 7.47. The summed E-state index contributed by atoms with van der Waals surface area (Å²) in [5, 5.41) is 18.3. The zero-order valence-corrected chi connectivity index (χ0v) is 32.1. The molecule has 0 amide bonds. The van der Waals surface area contributed by atoms with E-state index in [9.17, 15) is 24.2 Å². The molecule has 0 aromatic heterocycles. The lowest BCUT2D eigenvalue weighted by Gasteiger charge is -2.20. The minimum absolute atomic E-state index is 0.101. The van der Waals surface area contributed by atoms with Gasteiger partial charge in [0.15, 0.2) is 6.10 Å². The number of carbonyl (C=O) groups excluding carboxylic acids is 2. The van der Waals surface area contributed by atoms with Crippen LogP contribution in [0.1, 0.15) is 97.3 Å². The maximum atomic E-state index is 12.5. The average molecular weight is 747 g/mol. The van der Waals surface area contributed by atoms with E-state index in [0.29, 0.717) is 12.8 Å². The van der Waals surface area contributed by atoms with Gasteiger partial charge in [-0.15, -0.1) is 0 Å². The highest BCUT2D eigenvalue weighted by atomic mass is 31.2. The van der Waals surface area contributed by atoms with E-state index in [1.165, 1.54) is 0 Å². The molecule has 0 spiro atoms. The molecule has 0 aliphatic carbocycles. The highest BCUT2D eigenvalue weighted by Gasteiger charge is 2.27. The van der Waals surface area contributed by atoms with Gasteiger partial charge in [-0.05, 0) is 64.2 Å². The van der Waals surface area contributed by atoms with E-state index in [1.807, 2.05) is 48.6 Å². The topological polar surface area (TPSA) is 149 Å². The molecule has 0 saturated carbocycles. The van der Waals surface area contributed by atoms with Crippen LogP contribution in [0.2, 0.25) is 0 Å². The first-order chi connectivity index (χ1) is 25.2. The number of esters is 2. The maximum Gasteiger partial charge on any atom is 0.472 e. The summed E-state index contributed by atoms with van der Waals surface area (Å²) in [6, 6.07) is 0. The third kappa shape index (κ3) is 35.1. The molecule has 0 bridgehead atoms. The van der Waals surface area contributed by atoms with Crippen LogP contribution in [0.15, 0.2) is 109 Å². The van der Waals surface area contributed by atoms with E-state index in [0.717, 1.165) is 57.8 Å². The van der Waals surface area contributed by atoms with Crippen molar-refractivity contribution in [3.63, 3.8) is 0 Å². The first-order valence-electron chi connectivity index (χ1n) is 18.4. The summed E-state index contributed by atoms with van der Waals surface area (Å²) in [5.41, 5.74) is 0. The second-order valence-electron chi connectivity index (χ2n) is 11.6. The van der Waals surface area contributed by atoms with Crippen LogP contribution in [0.4, 0.5) is 0 Å². The van der Waals surface area contributed by atoms with Crippen molar-refractivity contribution in [1.82, 2.24) is 0 Å². The molecule has 0 saturated heterocycles. The van der Waals surface area contributed by atoms with Crippen molar-refractivity contribution in [3.8, 4) is 0 Å². The first kappa shape index (κ1) is 48.6. The maximum absolute atomic E-state index is 12.5. The van der Waals surface area contributed by atoms with E-state index >= 15 is 0 Å². The summed E-state index contributed by atoms with van der Waals surface area (Å²) >= 11 is 0. The van der Waals surface area contributed by atoms with Crippen molar-refractivity contribution in [3.05, 3.63) is 109 Å². The molecular weight excluding hydrogens is 683 g/mol. The zero-order valence-electron chi connectivity index (χ0n) is 31.2. The fourth-order valence-electron chi connectivity index (χ4n) is 3.99. The SMILES string of the molecule is CC/C=C/C=C/C=C/C=C/CCCCCC(=O)OC(COC(=O)CC/C=C/C/C=C/C/C=C/C/C=C/C/C=C/CC)COP(=O)(O)OC[C@@H](O)CO. The molecule has 11 heteroatoms. The van der Waals surface area contributed by atoms with E-state index < -0.39 is 51.8 Å². The van der Waals surface area contributed by atoms with Crippen molar-refractivity contribution in [2.75, 3.05) is 26.4 Å². The number of hydrogen-bond acceptors (Lipinski definition) is 9. The van der Waals surface area contributed by atoms with Crippen LogP contribution < -0.4 is 0 Å². The van der Waals surface area contributed by atoms with Gasteiger partial charge in [0.25, 0.3) is 0 Å². The number of ether oxygens (including phenoxy) is 2. The predicted molar refractivity (Wildman–Crippen MR) is 209 cm³/mol. The average Bonchev–Trinajstić information content (AvgIpc) is 3.13. The highest BCUT2D eigenvalue weighted by Crippen LogP contribution is 2.43. The Balaban J connectivity index is 4.60. The number of aliphatic hydroxyl groups is 2. The van der Waals surface area contributed by atoms with E-state index in [-0.39, 0.29) is 19.4 Å². The molecule has 0 aliphatic rings. The number of allylic oxidation sites excluding steroid dienone is 18. The number of rotatable bonds is 32. The van der Waals surface area contributed by atoms with E-state index in [4.69, 9.17) is 19.1 Å². The normalized spacial score (nSPS) is 15.2. The van der Waals surface area contributed by atoms with Crippen LogP contribution in [0, 0.1) is 0 Å². The number of aliphatic hydroxyl groups excluding tert-OH is 2. The van der Waals surface area contributed by atoms with Crippen LogP contribution in [0.25, 0.3) is 0 Å². The quantitative estimate of drug-likeness (QED) is 0.0200. The summed E-state index contributed by atoms with van der Waals surface area (Å²) in [6.07, 6.45) is 43.7. The predicted octanol–water partition coefficient (Wildman–Crippen LogP) is 9.05. The van der Waals surface area contributed by atoms with Gasteiger partial charge < -0.3 is 24.6 Å². The molecule has 3 N–H and O–H groups in total. The Labute approximate surface area is 312 Å². The van der Waals surface area contributed by atoms with Crippen LogP contribution in [-0.2, 0) is 32.7 Å². The molecule has 0 aromatic rings.